The van der Waals surface area contributed by atoms with Gasteiger partial charge in [0.2, 0.25) is 5.91 Å². The molecule has 0 saturated heterocycles. The fourth-order valence-electron chi connectivity index (χ4n) is 2.39. The third kappa shape index (κ3) is 3.73. The Hall–Kier alpha value is -2.60. The van der Waals surface area contributed by atoms with Gasteiger partial charge >= 0.3 is 0 Å². The summed E-state index contributed by atoms with van der Waals surface area (Å²) in [7, 11) is 0. The minimum Gasteiger partial charge on any atom is -0.292 e. The van der Waals surface area contributed by atoms with Crippen molar-refractivity contribution in [2.75, 3.05) is 4.90 Å². The van der Waals surface area contributed by atoms with Gasteiger partial charge in [0.15, 0.2) is 0 Å². The first-order valence-electron chi connectivity index (χ1n) is 7.59. The highest BCUT2D eigenvalue weighted by molar-refractivity contribution is 5.94. The third-order valence-corrected chi connectivity index (χ3v) is 3.54. The summed E-state index contributed by atoms with van der Waals surface area (Å²) in [6.07, 6.45) is 2.24. The Morgan fingerprint density at radius 2 is 1.68 bits per heavy atom. The molecule has 1 atom stereocenters. The molecule has 0 saturated carbocycles. The van der Waals surface area contributed by atoms with Crippen molar-refractivity contribution in [2.45, 2.75) is 32.2 Å². The Kier molecular flexibility index (Phi) is 5.73. The maximum Gasteiger partial charge on any atom is 0.228 e. The summed E-state index contributed by atoms with van der Waals surface area (Å²) in [5.41, 5.74) is 1.60. The standard InChI is InChI=1S/C19H20N2O/c1-2-3-14-19(22)21(17-12-8-5-9-13-17)18(15-20)16-10-6-4-7-11-16/h4-13,18H,2-3,14H2,1H3. The number of carbonyl (C=O) groups excluding carboxylic acids is 1. The van der Waals surface area contributed by atoms with Gasteiger partial charge in [0, 0.05) is 12.1 Å². The number of hydrogen-bond acceptors (Lipinski definition) is 2. The maximum atomic E-state index is 12.7. The first-order valence-corrected chi connectivity index (χ1v) is 7.59. The molecule has 0 aliphatic rings. The molecular weight excluding hydrogens is 272 g/mol. The van der Waals surface area contributed by atoms with Crippen LogP contribution in [0, 0.1) is 11.3 Å². The van der Waals surface area contributed by atoms with E-state index in [-0.39, 0.29) is 5.91 Å². The Morgan fingerprint density at radius 3 is 2.23 bits per heavy atom. The van der Waals surface area contributed by atoms with E-state index in [4.69, 9.17) is 0 Å². The van der Waals surface area contributed by atoms with Gasteiger partial charge in [-0.2, -0.15) is 5.26 Å². The molecule has 0 bridgehead atoms. The van der Waals surface area contributed by atoms with Crippen LogP contribution in [0.5, 0.6) is 0 Å². The van der Waals surface area contributed by atoms with Crippen LogP contribution in [0.25, 0.3) is 0 Å². The third-order valence-electron chi connectivity index (χ3n) is 3.54. The second-order valence-electron chi connectivity index (χ2n) is 5.15. The molecule has 2 rings (SSSR count). The van der Waals surface area contributed by atoms with E-state index in [1.165, 1.54) is 0 Å². The summed E-state index contributed by atoms with van der Waals surface area (Å²) < 4.78 is 0. The summed E-state index contributed by atoms with van der Waals surface area (Å²) in [6, 6.07) is 20.5. The predicted molar refractivity (Wildman–Crippen MR) is 88.2 cm³/mol. The quantitative estimate of drug-likeness (QED) is 0.788. The number of hydrogen-bond donors (Lipinski definition) is 0. The summed E-state index contributed by atoms with van der Waals surface area (Å²) in [5.74, 6) is -0.0107. The van der Waals surface area contributed by atoms with E-state index in [9.17, 15) is 10.1 Å². The zero-order valence-corrected chi connectivity index (χ0v) is 12.8. The molecule has 0 aliphatic heterocycles. The van der Waals surface area contributed by atoms with Crippen molar-refractivity contribution in [3.63, 3.8) is 0 Å². The van der Waals surface area contributed by atoms with Crippen LogP contribution in [0.3, 0.4) is 0 Å². The number of benzene rings is 2. The van der Waals surface area contributed by atoms with E-state index in [0.717, 1.165) is 24.1 Å². The van der Waals surface area contributed by atoms with Gasteiger partial charge < -0.3 is 0 Å². The van der Waals surface area contributed by atoms with Crippen LogP contribution in [0.15, 0.2) is 60.7 Å². The SMILES string of the molecule is CCCCC(=O)N(c1ccccc1)C(C#N)c1ccccc1. The van der Waals surface area contributed by atoms with Crippen LogP contribution >= 0.6 is 0 Å². The molecule has 0 heterocycles. The van der Waals surface area contributed by atoms with Crippen LogP contribution in [0.1, 0.15) is 37.8 Å². The number of unbranched alkanes of at least 4 members (excludes halogenated alkanes) is 1. The highest BCUT2D eigenvalue weighted by Gasteiger charge is 2.25. The molecule has 0 radical (unpaired) electrons. The first-order chi connectivity index (χ1) is 10.8. The molecule has 2 aromatic rings. The molecule has 0 N–H and O–H groups in total. The number of carbonyl (C=O) groups is 1. The van der Waals surface area contributed by atoms with E-state index in [0.29, 0.717) is 6.42 Å². The van der Waals surface area contributed by atoms with E-state index in [1.54, 1.807) is 4.90 Å². The molecule has 0 aromatic heterocycles. The molecular formula is C19H20N2O. The average Bonchev–Trinajstić information content (AvgIpc) is 2.59. The van der Waals surface area contributed by atoms with E-state index >= 15 is 0 Å². The zero-order valence-electron chi connectivity index (χ0n) is 12.8. The molecule has 22 heavy (non-hydrogen) atoms. The number of nitriles is 1. The second kappa shape index (κ2) is 7.99. The van der Waals surface area contributed by atoms with Crippen molar-refractivity contribution >= 4 is 11.6 Å². The predicted octanol–water partition coefficient (Wildman–Crippen LogP) is 4.47. The fourth-order valence-corrected chi connectivity index (χ4v) is 2.39. The molecule has 0 aliphatic carbocycles. The lowest BCUT2D eigenvalue weighted by molar-refractivity contribution is -0.119. The van der Waals surface area contributed by atoms with Crippen LogP contribution in [0.2, 0.25) is 0 Å². The minimum atomic E-state index is -0.604. The van der Waals surface area contributed by atoms with Crippen molar-refractivity contribution in [2.24, 2.45) is 0 Å². The monoisotopic (exact) mass is 292 g/mol. The molecule has 3 nitrogen and oxygen atoms in total. The summed E-state index contributed by atoms with van der Waals surface area (Å²) in [5, 5.41) is 9.64. The number of amides is 1. The Bertz CT molecular complexity index is 631. The molecule has 2 aromatic carbocycles. The van der Waals surface area contributed by atoms with Crippen molar-refractivity contribution in [1.82, 2.24) is 0 Å². The first kappa shape index (κ1) is 15.8. The molecule has 3 heteroatoms. The summed E-state index contributed by atoms with van der Waals surface area (Å²) in [4.78, 5) is 14.3. The average molecular weight is 292 g/mol. The van der Waals surface area contributed by atoms with Crippen molar-refractivity contribution < 1.29 is 4.79 Å². The largest absolute Gasteiger partial charge is 0.292 e. The highest BCUT2D eigenvalue weighted by Crippen LogP contribution is 2.27. The van der Waals surface area contributed by atoms with E-state index in [2.05, 4.69) is 13.0 Å². The summed E-state index contributed by atoms with van der Waals surface area (Å²) >= 11 is 0. The van der Waals surface area contributed by atoms with Crippen molar-refractivity contribution in [3.8, 4) is 6.07 Å². The van der Waals surface area contributed by atoms with Gasteiger partial charge in [0.1, 0.15) is 6.04 Å². The van der Waals surface area contributed by atoms with Crippen molar-refractivity contribution in [1.29, 1.82) is 5.26 Å². The van der Waals surface area contributed by atoms with E-state index in [1.807, 2.05) is 60.7 Å². The number of para-hydroxylation sites is 1. The topological polar surface area (TPSA) is 44.1 Å². The van der Waals surface area contributed by atoms with Gasteiger partial charge in [0.05, 0.1) is 6.07 Å². The number of anilines is 1. The van der Waals surface area contributed by atoms with Gasteiger partial charge in [-0.1, -0.05) is 61.9 Å². The highest BCUT2D eigenvalue weighted by atomic mass is 16.2. The van der Waals surface area contributed by atoms with Crippen LogP contribution < -0.4 is 4.90 Å². The van der Waals surface area contributed by atoms with Crippen LogP contribution in [-0.4, -0.2) is 5.91 Å². The van der Waals surface area contributed by atoms with Gasteiger partial charge in [-0.15, -0.1) is 0 Å². The molecule has 1 unspecified atom stereocenters. The normalized spacial score (nSPS) is 11.5. The summed E-state index contributed by atoms with van der Waals surface area (Å²) in [6.45, 7) is 2.05. The minimum absolute atomic E-state index is 0.0107. The maximum absolute atomic E-state index is 12.7. The number of rotatable bonds is 6. The second-order valence-corrected chi connectivity index (χ2v) is 5.15. The number of nitrogens with zero attached hydrogens (tertiary/aromatic N) is 2. The van der Waals surface area contributed by atoms with Crippen LogP contribution in [-0.2, 0) is 4.79 Å². The fraction of sp³-hybridized carbons (Fsp3) is 0.263. The Morgan fingerprint density at radius 1 is 1.09 bits per heavy atom. The molecule has 0 spiro atoms. The van der Waals surface area contributed by atoms with Gasteiger partial charge in [-0.3, -0.25) is 9.69 Å². The zero-order chi connectivity index (χ0) is 15.8. The Balaban J connectivity index is 2.39. The lowest BCUT2D eigenvalue weighted by Gasteiger charge is -2.28. The smallest absolute Gasteiger partial charge is 0.228 e. The molecule has 112 valence electrons. The lowest BCUT2D eigenvalue weighted by Crippen LogP contribution is -2.34. The van der Waals surface area contributed by atoms with Gasteiger partial charge in [-0.05, 0) is 24.1 Å². The Labute approximate surface area is 131 Å². The molecule has 1 amide bonds. The van der Waals surface area contributed by atoms with Gasteiger partial charge in [-0.25, -0.2) is 0 Å². The lowest BCUT2D eigenvalue weighted by atomic mass is 10.0. The molecule has 0 fully saturated rings. The van der Waals surface area contributed by atoms with Crippen molar-refractivity contribution in [3.05, 3.63) is 66.2 Å². The van der Waals surface area contributed by atoms with Crippen LogP contribution in [0.4, 0.5) is 5.69 Å². The van der Waals surface area contributed by atoms with E-state index < -0.39 is 6.04 Å². The van der Waals surface area contributed by atoms with Gasteiger partial charge in [0.25, 0.3) is 0 Å².